The summed E-state index contributed by atoms with van der Waals surface area (Å²) < 4.78 is 7.28. The first-order valence-corrected chi connectivity index (χ1v) is 12.4. The van der Waals surface area contributed by atoms with Crippen molar-refractivity contribution in [2.24, 2.45) is 0 Å². The van der Waals surface area contributed by atoms with Crippen molar-refractivity contribution in [3.05, 3.63) is 47.5 Å². The number of imidazole rings is 1. The van der Waals surface area contributed by atoms with Gasteiger partial charge in [0.2, 0.25) is 5.91 Å². The average molecular weight is 482 g/mol. The number of fused-ring (bicyclic) bond motifs is 1. The Kier molecular flexibility index (Phi) is 7.14. The van der Waals surface area contributed by atoms with Crippen molar-refractivity contribution in [1.29, 1.82) is 0 Å². The fraction of sp³-hybridized carbons (Fsp3) is 0.538. The van der Waals surface area contributed by atoms with Crippen molar-refractivity contribution in [1.82, 2.24) is 25.1 Å². The first kappa shape index (κ1) is 24.8. The molecule has 0 radical (unpaired) electrons. The van der Waals surface area contributed by atoms with Gasteiger partial charge < -0.3 is 24.8 Å². The van der Waals surface area contributed by atoms with Crippen LogP contribution in [0.5, 0.6) is 5.75 Å². The van der Waals surface area contributed by atoms with E-state index in [-0.39, 0.29) is 41.9 Å². The lowest BCUT2D eigenvalue weighted by Crippen LogP contribution is -2.64. The predicted molar refractivity (Wildman–Crippen MR) is 131 cm³/mol. The molecule has 2 N–H and O–H groups in total. The Morgan fingerprint density at radius 2 is 1.89 bits per heavy atom. The molecule has 188 valence electrons. The normalized spacial score (nSPS) is 20.1. The van der Waals surface area contributed by atoms with Crippen LogP contribution >= 0.6 is 0 Å². The highest BCUT2D eigenvalue weighted by molar-refractivity contribution is 6.07. The van der Waals surface area contributed by atoms with Crippen LogP contribution in [-0.4, -0.2) is 56.4 Å². The molecular weight excluding hydrogens is 446 g/mol. The summed E-state index contributed by atoms with van der Waals surface area (Å²) in [6.45, 7) is 8.45. The number of benzene rings is 1. The minimum atomic E-state index is -1.05. The summed E-state index contributed by atoms with van der Waals surface area (Å²) in [4.78, 5) is 45.5. The number of aromatic nitrogens is 2. The van der Waals surface area contributed by atoms with Gasteiger partial charge in [0.15, 0.2) is 5.69 Å². The van der Waals surface area contributed by atoms with E-state index in [1.54, 1.807) is 16.4 Å². The molecule has 4 rings (SSSR count). The smallest absolute Gasteiger partial charge is 0.273 e. The third kappa shape index (κ3) is 5.04. The van der Waals surface area contributed by atoms with Crippen LogP contribution in [0.3, 0.4) is 0 Å². The Balaban J connectivity index is 1.47. The van der Waals surface area contributed by atoms with Gasteiger partial charge in [-0.2, -0.15) is 0 Å². The van der Waals surface area contributed by atoms with Crippen molar-refractivity contribution >= 4 is 17.7 Å². The largest absolute Gasteiger partial charge is 0.491 e. The molecule has 1 saturated carbocycles. The molecule has 2 aromatic rings. The number of ether oxygens (including phenoxy) is 1. The van der Waals surface area contributed by atoms with E-state index in [0.717, 1.165) is 37.0 Å². The molecule has 0 spiro atoms. The molecule has 9 nitrogen and oxygen atoms in total. The van der Waals surface area contributed by atoms with Crippen molar-refractivity contribution in [2.75, 3.05) is 6.54 Å². The Bertz CT molecular complexity index is 1090. The van der Waals surface area contributed by atoms with Gasteiger partial charge in [-0.25, -0.2) is 4.98 Å². The Hall–Kier alpha value is -3.36. The van der Waals surface area contributed by atoms with Crippen LogP contribution in [0.25, 0.3) is 0 Å². The lowest BCUT2D eigenvalue weighted by atomic mass is 9.94. The molecule has 1 aliphatic heterocycles. The number of hydrogen-bond donors (Lipinski definition) is 2. The SMILES string of the molecule is CCN1C(=O)c2c(C(=O)NCc3ccc(OC(C)C)cc3)ncn2CC1(C)C(=O)NC1CCCC1. The Labute approximate surface area is 206 Å². The number of likely N-dealkylation sites (N-methyl/N-ethyl adjacent to an activating group) is 1. The molecule has 1 aromatic carbocycles. The van der Waals surface area contributed by atoms with Crippen LogP contribution in [0.4, 0.5) is 0 Å². The molecule has 9 heteroatoms. The van der Waals surface area contributed by atoms with Crippen molar-refractivity contribution < 1.29 is 19.1 Å². The second kappa shape index (κ2) is 10.1. The first-order valence-electron chi connectivity index (χ1n) is 12.4. The average Bonchev–Trinajstić information content (AvgIpc) is 3.48. The predicted octanol–water partition coefficient (Wildman–Crippen LogP) is 2.89. The minimum absolute atomic E-state index is 0.0754. The number of amides is 3. The van der Waals surface area contributed by atoms with Gasteiger partial charge in [0.25, 0.3) is 11.8 Å². The quantitative estimate of drug-likeness (QED) is 0.603. The number of carbonyl (C=O) groups is 3. The molecule has 1 aromatic heterocycles. The van der Waals surface area contributed by atoms with E-state index in [4.69, 9.17) is 4.74 Å². The van der Waals surface area contributed by atoms with Crippen LogP contribution in [-0.2, 0) is 17.9 Å². The zero-order valence-electron chi connectivity index (χ0n) is 21.0. The molecule has 2 aliphatic rings. The second-order valence-corrected chi connectivity index (χ2v) is 9.84. The summed E-state index contributed by atoms with van der Waals surface area (Å²) in [7, 11) is 0. The maximum Gasteiger partial charge on any atom is 0.273 e. The highest BCUT2D eigenvalue weighted by Gasteiger charge is 2.48. The molecular formula is C26H35N5O4. The maximum atomic E-state index is 13.5. The molecule has 1 unspecified atom stereocenters. The molecule has 3 amide bonds. The van der Waals surface area contributed by atoms with E-state index < -0.39 is 11.4 Å². The first-order chi connectivity index (χ1) is 16.7. The minimum Gasteiger partial charge on any atom is -0.491 e. The van der Waals surface area contributed by atoms with Gasteiger partial charge in [0.05, 0.1) is 19.0 Å². The van der Waals surface area contributed by atoms with Crippen molar-refractivity contribution in [3.63, 3.8) is 0 Å². The summed E-state index contributed by atoms with van der Waals surface area (Å²) in [5, 5.41) is 5.98. The summed E-state index contributed by atoms with van der Waals surface area (Å²) >= 11 is 0. The fourth-order valence-corrected chi connectivity index (χ4v) is 4.98. The zero-order chi connectivity index (χ0) is 25.2. The van der Waals surface area contributed by atoms with E-state index in [0.29, 0.717) is 13.1 Å². The van der Waals surface area contributed by atoms with Gasteiger partial charge >= 0.3 is 0 Å². The molecule has 0 saturated heterocycles. The number of nitrogens with zero attached hydrogens (tertiary/aromatic N) is 3. The maximum absolute atomic E-state index is 13.5. The summed E-state index contributed by atoms with van der Waals surface area (Å²) in [6, 6.07) is 7.66. The van der Waals surface area contributed by atoms with Crippen LogP contribution in [0.15, 0.2) is 30.6 Å². The third-order valence-electron chi connectivity index (χ3n) is 6.82. The van der Waals surface area contributed by atoms with Crippen molar-refractivity contribution in [3.8, 4) is 5.75 Å². The van der Waals surface area contributed by atoms with Gasteiger partial charge in [-0.1, -0.05) is 25.0 Å². The standard InChI is InChI=1S/C26H35N5O4/c1-5-31-24(33)22-21(23(32)27-14-18-10-12-20(13-11-18)35-17(2)3)28-16-30(22)15-26(31,4)25(34)29-19-8-6-7-9-19/h10-13,16-17,19H,5-9,14-15H2,1-4H3,(H,27,32)(H,29,34). The van der Waals surface area contributed by atoms with E-state index in [9.17, 15) is 14.4 Å². The van der Waals surface area contributed by atoms with Gasteiger partial charge in [0, 0.05) is 19.1 Å². The Morgan fingerprint density at radius 1 is 1.20 bits per heavy atom. The van der Waals surface area contributed by atoms with Crippen LogP contribution in [0.1, 0.15) is 79.9 Å². The van der Waals surface area contributed by atoms with E-state index in [2.05, 4.69) is 15.6 Å². The molecule has 1 atom stereocenters. The van der Waals surface area contributed by atoms with E-state index >= 15 is 0 Å². The van der Waals surface area contributed by atoms with Crippen LogP contribution in [0, 0.1) is 0 Å². The second-order valence-electron chi connectivity index (χ2n) is 9.84. The Morgan fingerprint density at radius 3 is 2.51 bits per heavy atom. The third-order valence-corrected chi connectivity index (χ3v) is 6.82. The van der Waals surface area contributed by atoms with Crippen LogP contribution in [0.2, 0.25) is 0 Å². The van der Waals surface area contributed by atoms with Gasteiger partial charge in [-0.15, -0.1) is 0 Å². The lowest BCUT2D eigenvalue weighted by Gasteiger charge is -2.43. The highest BCUT2D eigenvalue weighted by Crippen LogP contribution is 2.29. The van der Waals surface area contributed by atoms with Gasteiger partial charge in [-0.3, -0.25) is 14.4 Å². The number of carbonyl (C=O) groups excluding carboxylic acids is 3. The molecule has 35 heavy (non-hydrogen) atoms. The van der Waals surface area contributed by atoms with Crippen LogP contribution < -0.4 is 15.4 Å². The molecule has 1 aliphatic carbocycles. The number of rotatable bonds is 8. The molecule has 1 fully saturated rings. The van der Waals surface area contributed by atoms with E-state index in [1.165, 1.54) is 6.33 Å². The lowest BCUT2D eigenvalue weighted by molar-refractivity contribution is -0.133. The molecule has 0 bridgehead atoms. The monoisotopic (exact) mass is 481 g/mol. The van der Waals surface area contributed by atoms with Crippen molar-refractivity contribution in [2.45, 2.75) is 84.2 Å². The number of hydrogen-bond acceptors (Lipinski definition) is 5. The van der Waals surface area contributed by atoms with E-state index in [1.807, 2.05) is 45.0 Å². The van der Waals surface area contributed by atoms with Gasteiger partial charge in [-0.05, 0) is 58.2 Å². The van der Waals surface area contributed by atoms with Gasteiger partial charge in [0.1, 0.15) is 17.0 Å². The highest BCUT2D eigenvalue weighted by atomic mass is 16.5. The summed E-state index contributed by atoms with van der Waals surface area (Å²) in [5.74, 6) is -0.177. The summed E-state index contributed by atoms with van der Waals surface area (Å²) in [6.07, 6.45) is 5.72. The molecule has 2 heterocycles. The number of nitrogens with one attached hydrogen (secondary N) is 2. The summed E-state index contributed by atoms with van der Waals surface area (Å²) in [5.41, 5.74) is 0.151. The zero-order valence-corrected chi connectivity index (χ0v) is 21.0. The fourth-order valence-electron chi connectivity index (χ4n) is 4.98. The topological polar surface area (TPSA) is 106 Å².